The van der Waals surface area contributed by atoms with E-state index >= 15 is 0 Å². The van der Waals surface area contributed by atoms with Crippen molar-refractivity contribution in [1.29, 1.82) is 0 Å². The van der Waals surface area contributed by atoms with Crippen molar-refractivity contribution < 1.29 is 8.42 Å². The van der Waals surface area contributed by atoms with Gasteiger partial charge < -0.3 is 10.6 Å². The van der Waals surface area contributed by atoms with Crippen molar-refractivity contribution in [3.63, 3.8) is 0 Å². The molecule has 5 nitrogen and oxygen atoms in total. The first kappa shape index (κ1) is 16.4. The zero-order chi connectivity index (χ0) is 15.8. The largest absolute Gasteiger partial charge is 0.389 e. The van der Waals surface area contributed by atoms with E-state index in [2.05, 4.69) is 11.8 Å². The highest BCUT2D eigenvalue weighted by atomic mass is 32.2. The Labute approximate surface area is 131 Å². The van der Waals surface area contributed by atoms with Crippen molar-refractivity contribution >= 4 is 27.2 Å². The SMILES string of the molecule is CC1CN(S(=O)(=O)c2ccc(C(N)=S)cc2)CC1N(C)C. The number of benzene rings is 1. The second-order valence-electron chi connectivity index (χ2n) is 5.72. The highest BCUT2D eigenvalue weighted by Gasteiger charge is 2.37. The maximum atomic E-state index is 12.7. The summed E-state index contributed by atoms with van der Waals surface area (Å²) in [5, 5.41) is 0. The molecule has 1 aliphatic rings. The third-order valence-corrected chi connectivity index (χ3v) is 6.06. The number of sulfonamides is 1. The number of hydrogen-bond donors (Lipinski definition) is 1. The fraction of sp³-hybridized carbons (Fsp3) is 0.500. The zero-order valence-electron chi connectivity index (χ0n) is 12.5. The van der Waals surface area contributed by atoms with Gasteiger partial charge in [0.1, 0.15) is 4.99 Å². The van der Waals surface area contributed by atoms with Crippen molar-refractivity contribution in [3.05, 3.63) is 29.8 Å². The predicted octanol–water partition coefficient (Wildman–Crippen LogP) is 0.891. The van der Waals surface area contributed by atoms with Gasteiger partial charge in [0.15, 0.2) is 0 Å². The molecule has 0 saturated carbocycles. The van der Waals surface area contributed by atoms with Gasteiger partial charge in [-0.1, -0.05) is 31.3 Å². The van der Waals surface area contributed by atoms with E-state index in [1.807, 2.05) is 14.1 Å². The number of thiocarbonyl (C=S) groups is 1. The van der Waals surface area contributed by atoms with Gasteiger partial charge >= 0.3 is 0 Å². The van der Waals surface area contributed by atoms with E-state index in [1.54, 1.807) is 28.6 Å². The van der Waals surface area contributed by atoms with Gasteiger partial charge in [0.05, 0.1) is 4.90 Å². The molecule has 2 unspecified atom stereocenters. The Balaban J connectivity index is 2.25. The first-order chi connectivity index (χ1) is 9.73. The summed E-state index contributed by atoms with van der Waals surface area (Å²) in [5.74, 6) is 0.311. The fourth-order valence-corrected chi connectivity index (χ4v) is 4.41. The Bertz CT molecular complexity index is 626. The molecule has 1 aromatic carbocycles. The maximum Gasteiger partial charge on any atom is 0.243 e. The molecule has 2 rings (SSSR count). The molecule has 1 aromatic rings. The third kappa shape index (κ3) is 3.26. The first-order valence-corrected chi connectivity index (χ1v) is 8.64. The van der Waals surface area contributed by atoms with Crippen LogP contribution in [0.1, 0.15) is 12.5 Å². The van der Waals surface area contributed by atoms with E-state index in [9.17, 15) is 8.42 Å². The lowest BCUT2D eigenvalue weighted by atomic mass is 10.1. The summed E-state index contributed by atoms with van der Waals surface area (Å²) in [4.78, 5) is 2.63. The maximum absolute atomic E-state index is 12.7. The molecule has 116 valence electrons. The lowest BCUT2D eigenvalue weighted by Crippen LogP contribution is -2.35. The van der Waals surface area contributed by atoms with Crippen molar-refractivity contribution in [2.45, 2.75) is 17.9 Å². The molecular weight excluding hydrogens is 306 g/mol. The van der Waals surface area contributed by atoms with Crippen LogP contribution < -0.4 is 5.73 Å². The van der Waals surface area contributed by atoms with Gasteiger partial charge in [0, 0.05) is 24.7 Å². The van der Waals surface area contributed by atoms with Crippen LogP contribution in [-0.4, -0.2) is 55.8 Å². The van der Waals surface area contributed by atoms with E-state index in [0.29, 0.717) is 24.6 Å². The Kier molecular flexibility index (Phi) is 4.67. The van der Waals surface area contributed by atoms with Gasteiger partial charge in [0.2, 0.25) is 10.0 Å². The van der Waals surface area contributed by atoms with Crippen LogP contribution in [0.15, 0.2) is 29.2 Å². The van der Waals surface area contributed by atoms with Crippen molar-refractivity contribution in [1.82, 2.24) is 9.21 Å². The minimum atomic E-state index is -3.46. The number of likely N-dealkylation sites (N-methyl/N-ethyl adjacent to an activating group) is 1. The van der Waals surface area contributed by atoms with E-state index in [1.165, 1.54) is 0 Å². The van der Waals surface area contributed by atoms with Crippen LogP contribution in [0.2, 0.25) is 0 Å². The van der Waals surface area contributed by atoms with Crippen LogP contribution >= 0.6 is 12.2 Å². The van der Waals surface area contributed by atoms with Crippen LogP contribution in [0.5, 0.6) is 0 Å². The Morgan fingerprint density at radius 3 is 2.29 bits per heavy atom. The molecule has 0 radical (unpaired) electrons. The average molecular weight is 327 g/mol. The van der Waals surface area contributed by atoms with E-state index < -0.39 is 10.0 Å². The lowest BCUT2D eigenvalue weighted by Gasteiger charge is -2.22. The average Bonchev–Trinajstić information content (AvgIpc) is 2.82. The molecular formula is C14H21N3O2S2. The first-order valence-electron chi connectivity index (χ1n) is 6.80. The molecule has 0 aliphatic carbocycles. The molecule has 0 amide bonds. The summed E-state index contributed by atoms with van der Waals surface area (Å²) in [6.07, 6.45) is 0. The third-order valence-electron chi connectivity index (χ3n) is 3.98. The summed E-state index contributed by atoms with van der Waals surface area (Å²) in [7, 11) is 0.503. The van der Waals surface area contributed by atoms with Gasteiger partial charge in [-0.3, -0.25) is 0 Å². The van der Waals surface area contributed by atoms with Crippen molar-refractivity contribution in [2.75, 3.05) is 27.2 Å². The molecule has 1 fully saturated rings. The topological polar surface area (TPSA) is 66.6 Å². The second-order valence-corrected chi connectivity index (χ2v) is 8.10. The van der Waals surface area contributed by atoms with Crippen LogP contribution in [0.3, 0.4) is 0 Å². The molecule has 1 aliphatic heterocycles. The predicted molar refractivity (Wildman–Crippen MR) is 87.7 cm³/mol. The lowest BCUT2D eigenvalue weighted by molar-refractivity contribution is 0.263. The highest BCUT2D eigenvalue weighted by molar-refractivity contribution is 7.89. The highest BCUT2D eigenvalue weighted by Crippen LogP contribution is 2.26. The van der Waals surface area contributed by atoms with Gasteiger partial charge in [-0.2, -0.15) is 4.31 Å². The van der Waals surface area contributed by atoms with Gasteiger partial charge in [0.25, 0.3) is 0 Å². The van der Waals surface area contributed by atoms with Gasteiger partial charge in [-0.05, 0) is 32.1 Å². The van der Waals surface area contributed by atoms with Gasteiger partial charge in [-0.15, -0.1) is 0 Å². The number of nitrogens with zero attached hydrogens (tertiary/aromatic N) is 2. The summed E-state index contributed by atoms with van der Waals surface area (Å²) in [6, 6.07) is 6.68. The van der Waals surface area contributed by atoms with Crippen LogP contribution in [-0.2, 0) is 10.0 Å². The Hall–Kier alpha value is -1.02. The smallest absolute Gasteiger partial charge is 0.243 e. The van der Waals surface area contributed by atoms with Crippen LogP contribution in [0, 0.1) is 5.92 Å². The molecule has 1 saturated heterocycles. The quantitative estimate of drug-likeness (QED) is 0.832. The standard InChI is InChI=1S/C14H21N3O2S2/c1-10-8-17(9-13(10)16(2)3)21(18,19)12-6-4-11(5-7-12)14(15)20/h4-7,10,13H,8-9H2,1-3H3,(H2,15,20). The summed E-state index contributed by atoms with van der Waals surface area (Å²) in [5.41, 5.74) is 6.20. The fourth-order valence-electron chi connectivity index (χ4n) is 2.71. The molecule has 0 spiro atoms. The molecule has 2 N–H and O–H groups in total. The van der Waals surface area contributed by atoms with Crippen LogP contribution in [0.4, 0.5) is 0 Å². The molecule has 7 heteroatoms. The minimum absolute atomic E-state index is 0.246. The monoisotopic (exact) mass is 327 g/mol. The van der Waals surface area contributed by atoms with E-state index in [-0.39, 0.29) is 15.9 Å². The minimum Gasteiger partial charge on any atom is -0.389 e. The Morgan fingerprint density at radius 2 is 1.86 bits per heavy atom. The number of nitrogens with two attached hydrogens (primary N) is 1. The summed E-state index contributed by atoms with van der Waals surface area (Å²) in [6.45, 7) is 3.14. The van der Waals surface area contributed by atoms with Crippen molar-refractivity contribution in [3.8, 4) is 0 Å². The number of rotatable bonds is 4. The second kappa shape index (κ2) is 6.00. The normalized spacial score (nSPS) is 23.6. The molecule has 21 heavy (non-hydrogen) atoms. The summed E-state index contributed by atoms with van der Waals surface area (Å²) >= 11 is 4.88. The molecule has 0 aromatic heterocycles. The van der Waals surface area contributed by atoms with Crippen molar-refractivity contribution in [2.24, 2.45) is 11.7 Å². The molecule has 0 bridgehead atoms. The van der Waals surface area contributed by atoms with E-state index in [4.69, 9.17) is 18.0 Å². The zero-order valence-corrected chi connectivity index (χ0v) is 14.1. The van der Waals surface area contributed by atoms with Gasteiger partial charge in [-0.25, -0.2) is 8.42 Å². The molecule has 2 atom stereocenters. The molecule has 1 heterocycles. The Morgan fingerprint density at radius 1 is 1.29 bits per heavy atom. The number of hydrogen-bond acceptors (Lipinski definition) is 4. The van der Waals surface area contributed by atoms with E-state index in [0.717, 1.165) is 0 Å². The van der Waals surface area contributed by atoms with Crippen LogP contribution in [0.25, 0.3) is 0 Å². The summed E-state index contributed by atoms with van der Waals surface area (Å²) < 4.78 is 26.9.